The van der Waals surface area contributed by atoms with E-state index in [1.165, 1.54) is 218 Å². The zero-order valence-electron chi connectivity index (χ0n) is 30.8. The molecule has 0 rings (SSSR count). The van der Waals surface area contributed by atoms with E-state index in [-0.39, 0.29) is 0 Å². The summed E-state index contributed by atoms with van der Waals surface area (Å²) in [5, 5.41) is 0. The summed E-state index contributed by atoms with van der Waals surface area (Å²) >= 11 is 0. The Hall–Kier alpha value is 0. The predicted molar refractivity (Wildman–Crippen MR) is 196 cm³/mol. The van der Waals surface area contributed by atoms with Crippen LogP contribution in [0.3, 0.4) is 0 Å². The van der Waals surface area contributed by atoms with Crippen LogP contribution in [0.4, 0.5) is 0 Å². The molecule has 0 radical (unpaired) electrons. The second kappa shape index (κ2) is 35.5. The first-order valence-corrected chi connectivity index (χ1v) is 20.6. The Morgan fingerprint density at radius 1 is 0.214 bits per heavy atom. The lowest BCUT2D eigenvalue weighted by Gasteiger charge is -2.14. The largest absolute Gasteiger partial charge is 0.0654 e. The summed E-state index contributed by atoms with van der Waals surface area (Å²) < 4.78 is 0. The number of hydrogen-bond donors (Lipinski definition) is 0. The third-order valence-corrected chi connectivity index (χ3v) is 10.4. The summed E-state index contributed by atoms with van der Waals surface area (Å²) in [4.78, 5) is 0. The van der Waals surface area contributed by atoms with Crippen molar-refractivity contribution in [3.63, 3.8) is 0 Å². The molecule has 0 nitrogen and oxygen atoms in total. The summed E-state index contributed by atoms with van der Waals surface area (Å²) in [6, 6.07) is 0. The average Bonchev–Trinajstić information content (AvgIpc) is 2.98. The van der Waals surface area contributed by atoms with E-state index >= 15 is 0 Å². The van der Waals surface area contributed by atoms with Gasteiger partial charge in [0.15, 0.2) is 0 Å². The Morgan fingerprint density at radius 2 is 0.405 bits per heavy atom. The number of hydrogen-bond acceptors (Lipinski definition) is 0. The molecule has 0 aromatic rings. The molecule has 0 heteroatoms. The van der Waals surface area contributed by atoms with Crippen LogP contribution in [0.25, 0.3) is 0 Å². The molecule has 0 N–H and O–H groups in total. The van der Waals surface area contributed by atoms with Crippen molar-refractivity contribution in [3.05, 3.63) is 0 Å². The first-order chi connectivity index (χ1) is 20.6. The molecule has 0 aliphatic rings. The molecule has 0 bridgehead atoms. The minimum Gasteiger partial charge on any atom is -0.0654 e. The van der Waals surface area contributed by atoms with Crippen LogP contribution in [0.15, 0.2) is 0 Å². The van der Waals surface area contributed by atoms with Crippen LogP contribution >= 0.6 is 0 Å². The van der Waals surface area contributed by atoms with Crippen molar-refractivity contribution in [2.24, 2.45) is 17.8 Å². The molecular weight excluding hydrogens is 504 g/mol. The molecule has 0 aliphatic heterocycles. The quantitative estimate of drug-likeness (QED) is 0.0637. The van der Waals surface area contributed by atoms with E-state index in [0.717, 1.165) is 17.8 Å². The maximum Gasteiger partial charge on any atom is -0.0443 e. The predicted octanol–water partition coefficient (Wildman–Crippen LogP) is 16.2. The fourth-order valence-corrected chi connectivity index (χ4v) is 7.06. The van der Waals surface area contributed by atoms with Gasteiger partial charge in [0.05, 0.1) is 0 Å². The molecule has 0 saturated heterocycles. The van der Waals surface area contributed by atoms with Gasteiger partial charge >= 0.3 is 0 Å². The van der Waals surface area contributed by atoms with Gasteiger partial charge in [-0.2, -0.15) is 0 Å². The van der Waals surface area contributed by atoms with E-state index < -0.39 is 0 Å². The van der Waals surface area contributed by atoms with Gasteiger partial charge in [0.25, 0.3) is 0 Å². The number of rotatable bonds is 36. The van der Waals surface area contributed by atoms with E-state index in [4.69, 9.17) is 0 Å². The molecule has 42 heavy (non-hydrogen) atoms. The van der Waals surface area contributed by atoms with Crippen molar-refractivity contribution >= 4 is 0 Å². The molecule has 0 fully saturated rings. The van der Waals surface area contributed by atoms with Crippen LogP contribution in [-0.4, -0.2) is 0 Å². The van der Waals surface area contributed by atoms with Gasteiger partial charge in [-0.25, -0.2) is 0 Å². The molecule has 3 unspecified atom stereocenters. The standard InChI is InChI=1S/C42H86/c1-6-8-10-11-12-13-14-15-16-17-18-19-20-21-22-23-24-25-27-30-36-41(4)38-33-39-42(5)37-32-29-26-28-31-35-40(3)34-9-7-2/h40-42H,6-39H2,1-5H3. The molecule has 0 aromatic heterocycles. The third-order valence-electron chi connectivity index (χ3n) is 10.4. The van der Waals surface area contributed by atoms with Crippen LogP contribution in [0.1, 0.15) is 253 Å². The number of unbranched alkanes of at least 4 members (excludes halogenated alkanes) is 24. The molecule has 0 amide bonds. The van der Waals surface area contributed by atoms with Gasteiger partial charge in [-0.15, -0.1) is 0 Å². The van der Waals surface area contributed by atoms with Crippen molar-refractivity contribution in [1.82, 2.24) is 0 Å². The van der Waals surface area contributed by atoms with Gasteiger partial charge in [-0.05, 0) is 17.8 Å². The first-order valence-electron chi connectivity index (χ1n) is 20.6. The van der Waals surface area contributed by atoms with E-state index in [2.05, 4.69) is 34.6 Å². The summed E-state index contributed by atoms with van der Waals surface area (Å²) in [7, 11) is 0. The second-order valence-electron chi connectivity index (χ2n) is 15.2. The van der Waals surface area contributed by atoms with Crippen LogP contribution in [0.2, 0.25) is 0 Å². The minimum absolute atomic E-state index is 0.950. The van der Waals surface area contributed by atoms with Crippen molar-refractivity contribution in [2.75, 3.05) is 0 Å². The first kappa shape index (κ1) is 42.0. The van der Waals surface area contributed by atoms with Gasteiger partial charge in [-0.1, -0.05) is 253 Å². The summed E-state index contributed by atoms with van der Waals surface area (Å²) in [6.45, 7) is 12.1. The van der Waals surface area contributed by atoms with E-state index in [1.54, 1.807) is 0 Å². The zero-order valence-corrected chi connectivity index (χ0v) is 30.8. The van der Waals surface area contributed by atoms with Crippen LogP contribution in [0, 0.1) is 17.8 Å². The van der Waals surface area contributed by atoms with Crippen LogP contribution in [0.5, 0.6) is 0 Å². The van der Waals surface area contributed by atoms with E-state index in [9.17, 15) is 0 Å². The molecule has 0 heterocycles. The zero-order chi connectivity index (χ0) is 30.8. The highest BCUT2D eigenvalue weighted by molar-refractivity contribution is 4.60. The highest BCUT2D eigenvalue weighted by Gasteiger charge is 2.07. The van der Waals surface area contributed by atoms with Crippen molar-refractivity contribution in [2.45, 2.75) is 253 Å². The monoisotopic (exact) mass is 591 g/mol. The molecule has 0 spiro atoms. The maximum atomic E-state index is 2.52. The minimum atomic E-state index is 0.950. The van der Waals surface area contributed by atoms with Crippen LogP contribution < -0.4 is 0 Å². The smallest absolute Gasteiger partial charge is 0.0443 e. The Bertz CT molecular complexity index is 467. The molecule has 3 atom stereocenters. The Kier molecular flexibility index (Phi) is 35.5. The van der Waals surface area contributed by atoms with Gasteiger partial charge in [0.2, 0.25) is 0 Å². The third kappa shape index (κ3) is 34.5. The topological polar surface area (TPSA) is 0 Å². The second-order valence-corrected chi connectivity index (χ2v) is 15.2. The van der Waals surface area contributed by atoms with Gasteiger partial charge in [0.1, 0.15) is 0 Å². The van der Waals surface area contributed by atoms with E-state index in [1.807, 2.05) is 0 Å². The Morgan fingerprint density at radius 3 is 0.667 bits per heavy atom. The highest BCUT2D eigenvalue weighted by Crippen LogP contribution is 2.23. The van der Waals surface area contributed by atoms with Crippen LogP contribution in [-0.2, 0) is 0 Å². The molecular formula is C42H86. The fourth-order valence-electron chi connectivity index (χ4n) is 7.06. The SMILES string of the molecule is CCCCCCCCCCCCCCCCCCCCCCC(C)CCCC(C)CCCCCCCC(C)CCCC. The maximum absolute atomic E-state index is 2.52. The van der Waals surface area contributed by atoms with Gasteiger partial charge in [0, 0.05) is 0 Å². The van der Waals surface area contributed by atoms with Gasteiger partial charge in [-0.3, -0.25) is 0 Å². The summed E-state index contributed by atoms with van der Waals surface area (Å²) in [5.74, 6) is 2.86. The molecule has 0 aliphatic carbocycles. The summed E-state index contributed by atoms with van der Waals surface area (Å²) in [5.41, 5.74) is 0. The molecule has 0 saturated carbocycles. The lowest BCUT2D eigenvalue weighted by Crippen LogP contribution is -1.99. The fraction of sp³-hybridized carbons (Fsp3) is 1.00. The highest BCUT2D eigenvalue weighted by atomic mass is 14.1. The molecule has 254 valence electrons. The van der Waals surface area contributed by atoms with Crippen molar-refractivity contribution in [3.8, 4) is 0 Å². The lowest BCUT2D eigenvalue weighted by molar-refractivity contribution is 0.389. The Labute approximate surface area is 270 Å². The van der Waals surface area contributed by atoms with Gasteiger partial charge < -0.3 is 0 Å². The average molecular weight is 591 g/mol. The van der Waals surface area contributed by atoms with E-state index in [0.29, 0.717) is 0 Å². The van der Waals surface area contributed by atoms with Crippen molar-refractivity contribution < 1.29 is 0 Å². The lowest BCUT2D eigenvalue weighted by atomic mass is 9.92. The van der Waals surface area contributed by atoms with Crippen molar-refractivity contribution in [1.29, 1.82) is 0 Å². The Balaban J connectivity index is 3.27. The normalized spacial score (nSPS) is 13.9. The summed E-state index contributed by atoms with van der Waals surface area (Å²) in [6.07, 6.45) is 50.0. The molecule has 0 aromatic carbocycles.